The fourth-order valence-corrected chi connectivity index (χ4v) is 3.10. The van der Waals surface area contributed by atoms with Crippen molar-refractivity contribution in [1.82, 2.24) is 19.8 Å². The Balaban J connectivity index is 2.48. The van der Waals surface area contributed by atoms with Crippen LogP contribution in [-0.2, 0) is 4.79 Å². The van der Waals surface area contributed by atoms with E-state index in [9.17, 15) is 14.7 Å². The molecular weight excluding hydrogens is 288 g/mol. The molecule has 9 heteroatoms. The molecule has 0 aliphatic carbocycles. The van der Waals surface area contributed by atoms with Gasteiger partial charge in [-0.25, -0.2) is 0 Å². The molecule has 2 heterocycles. The van der Waals surface area contributed by atoms with E-state index in [-0.39, 0.29) is 27.7 Å². The third-order valence-electron chi connectivity index (χ3n) is 2.17. The lowest BCUT2D eigenvalue weighted by atomic mass is 10.4. The molecule has 0 spiro atoms. The van der Waals surface area contributed by atoms with E-state index >= 15 is 0 Å². The van der Waals surface area contributed by atoms with Gasteiger partial charge >= 0.3 is 0 Å². The second-order valence-corrected chi connectivity index (χ2v) is 5.94. The molecule has 19 heavy (non-hydrogen) atoms. The minimum Gasteiger partial charge on any atom is -0.511 e. The molecule has 0 amide bonds. The summed E-state index contributed by atoms with van der Waals surface area (Å²) < 4.78 is 1.58. The summed E-state index contributed by atoms with van der Waals surface area (Å²) in [6.07, 6.45) is 0. The van der Waals surface area contributed by atoms with Crippen molar-refractivity contribution in [1.29, 1.82) is 0 Å². The fourth-order valence-electron chi connectivity index (χ4n) is 1.30. The SMILES string of the molecule is CC(=O)/C(Sc1nn2c(=O)c(C)nnc2s1)=C(/C)O. The molecule has 100 valence electrons. The Kier molecular flexibility index (Phi) is 3.67. The van der Waals surface area contributed by atoms with Crippen LogP contribution in [0.3, 0.4) is 0 Å². The van der Waals surface area contributed by atoms with Crippen molar-refractivity contribution in [3.8, 4) is 0 Å². The van der Waals surface area contributed by atoms with Crippen molar-refractivity contribution in [2.24, 2.45) is 0 Å². The van der Waals surface area contributed by atoms with Crippen LogP contribution in [0.4, 0.5) is 0 Å². The van der Waals surface area contributed by atoms with Crippen molar-refractivity contribution in [2.75, 3.05) is 0 Å². The van der Waals surface area contributed by atoms with Gasteiger partial charge in [0.15, 0.2) is 10.1 Å². The maximum atomic E-state index is 11.8. The van der Waals surface area contributed by atoms with Gasteiger partial charge in [0, 0.05) is 0 Å². The molecule has 0 aromatic carbocycles. The average Bonchev–Trinajstić information content (AvgIpc) is 2.74. The van der Waals surface area contributed by atoms with Gasteiger partial charge in [0.05, 0.1) is 4.91 Å². The lowest BCUT2D eigenvalue weighted by Gasteiger charge is -2.00. The molecule has 0 radical (unpaired) electrons. The summed E-state index contributed by atoms with van der Waals surface area (Å²) in [6.45, 7) is 4.32. The topological polar surface area (TPSA) is 97.5 Å². The molecule has 2 rings (SSSR count). The van der Waals surface area contributed by atoms with Crippen molar-refractivity contribution in [2.45, 2.75) is 25.1 Å². The van der Waals surface area contributed by atoms with E-state index in [2.05, 4.69) is 15.3 Å². The number of Topliss-reactive ketones (excluding diaryl/α,β-unsaturated/α-hetero) is 1. The number of thioether (sulfide) groups is 1. The number of carbonyl (C=O) groups is 1. The summed E-state index contributed by atoms with van der Waals surface area (Å²) in [5.74, 6) is -0.342. The Bertz CT molecular complexity index is 743. The zero-order valence-electron chi connectivity index (χ0n) is 10.4. The number of hydrogen-bond donors (Lipinski definition) is 1. The maximum Gasteiger partial charge on any atom is 0.296 e. The first kappa shape index (κ1) is 13.7. The molecule has 1 N–H and O–H groups in total. The third kappa shape index (κ3) is 2.66. The number of carbonyl (C=O) groups excluding carboxylic acids is 1. The number of aliphatic hydroxyl groups excluding tert-OH is 1. The Morgan fingerprint density at radius 1 is 1.37 bits per heavy atom. The van der Waals surface area contributed by atoms with Crippen LogP contribution in [0.15, 0.2) is 19.8 Å². The third-order valence-corrected chi connectivity index (χ3v) is 4.40. The smallest absolute Gasteiger partial charge is 0.296 e. The normalized spacial score (nSPS) is 12.6. The molecule has 0 atom stereocenters. The fraction of sp³-hybridized carbons (Fsp3) is 0.300. The highest BCUT2D eigenvalue weighted by Crippen LogP contribution is 2.31. The summed E-state index contributed by atoms with van der Waals surface area (Å²) in [4.78, 5) is 23.7. The number of nitrogens with zero attached hydrogens (tertiary/aromatic N) is 4. The first-order chi connectivity index (χ1) is 8.90. The number of hydrogen-bond acceptors (Lipinski definition) is 8. The number of rotatable bonds is 3. The average molecular weight is 298 g/mol. The van der Waals surface area contributed by atoms with Gasteiger partial charge in [-0.1, -0.05) is 23.1 Å². The molecule has 0 saturated carbocycles. The van der Waals surface area contributed by atoms with Crippen LogP contribution in [-0.4, -0.2) is 30.7 Å². The van der Waals surface area contributed by atoms with E-state index in [1.807, 2.05) is 0 Å². The molecule has 7 nitrogen and oxygen atoms in total. The molecule has 2 aromatic rings. The predicted octanol–water partition coefficient (Wildman–Crippen LogP) is 1.33. The summed E-state index contributed by atoms with van der Waals surface area (Å²) >= 11 is 2.13. The second-order valence-electron chi connectivity index (χ2n) is 3.73. The number of aromatic nitrogens is 4. The van der Waals surface area contributed by atoms with Crippen LogP contribution in [0, 0.1) is 6.92 Å². The van der Waals surface area contributed by atoms with Gasteiger partial charge in [-0.2, -0.15) is 4.52 Å². The van der Waals surface area contributed by atoms with Gasteiger partial charge in [0.2, 0.25) is 4.96 Å². The van der Waals surface area contributed by atoms with Crippen LogP contribution < -0.4 is 5.56 Å². The number of aliphatic hydroxyl groups is 1. The van der Waals surface area contributed by atoms with Crippen LogP contribution in [0.1, 0.15) is 19.5 Å². The summed E-state index contributed by atoms with van der Waals surface area (Å²) in [6, 6.07) is 0. The second kappa shape index (κ2) is 5.10. The largest absolute Gasteiger partial charge is 0.511 e. The van der Waals surface area contributed by atoms with E-state index in [1.54, 1.807) is 6.92 Å². The molecule has 2 aromatic heterocycles. The molecule has 0 fully saturated rings. The first-order valence-electron chi connectivity index (χ1n) is 5.22. The summed E-state index contributed by atoms with van der Waals surface area (Å²) in [7, 11) is 0. The maximum absolute atomic E-state index is 11.8. The highest BCUT2D eigenvalue weighted by atomic mass is 32.2. The molecule has 0 aliphatic heterocycles. The quantitative estimate of drug-likeness (QED) is 0.518. The van der Waals surface area contributed by atoms with E-state index in [0.29, 0.717) is 9.30 Å². The van der Waals surface area contributed by atoms with Crippen molar-refractivity contribution in [3.63, 3.8) is 0 Å². The van der Waals surface area contributed by atoms with E-state index in [1.165, 1.54) is 13.8 Å². The minimum absolute atomic E-state index is 0.0774. The van der Waals surface area contributed by atoms with Gasteiger partial charge in [-0.15, -0.1) is 15.3 Å². The molecule has 0 saturated heterocycles. The van der Waals surface area contributed by atoms with E-state index < -0.39 is 0 Å². The van der Waals surface area contributed by atoms with Crippen LogP contribution in [0.2, 0.25) is 0 Å². The standard InChI is InChI=1S/C10H10N4O3S2/c1-4-8(17)14-9(12-11-4)19-10(13-14)18-7(5(2)15)6(3)16/h15H,1-3H3/b7-5+. The lowest BCUT2D eigenvalue weighted by Crippen LogP contribution is -2.19. The van der Waals surface area contributed by atoms with E-state index in [0.717, 1.165) is 27.6 Å². The van der Waals surface area contributed by atoms with Gasteiger partial charge in [-0.05, 0) is 20.8 Å². The predicted molar refractivity (Wildman–Crippen MR) is 71.5 cm³/mol. The summed E-state index contributed by atoms with van der Waals surface area (Å²) in [5, 5.41) is 21.1. The Hall–Kier alpha value is -1.74. The first-order valence-corrected chi connectivity index (χ1v) is 6.85. The van der Waals surface area contributed by atoms with Crippen molar-refractivity contribution >= 4 is 33.8 Å². The van der Waals surface area contributed by atoms with Gasteiger partial charge in [0.25, 0.3) is 5.56 Å². The highest BCUT2D eigenvalue weighted by Gasteiger charge is 2.15. The monoisotopic (exact) mass is 298 g/mol. The van der Waals surface area contributed by atoms with Crippen LogP contribution >= 0.6 is 23.1 Å². The molecule has 0 bridgehead atoms. The van der Waals surface area contributed by atoms with Crippen LogP contribution in [0.25, 0.3) is 4.96 Å². The number of fused-ring (bicyclic) bond motifs is 1. The Labute approximate surface area is 116 Å². The zero-order chi connectivity index (χ0) is 14.2. The molecule has 0 aliphatic rings. The lowest BCUT2D eigenvalue weighted by molar-refractivity contribution is -0.113. The van der Waals surface area contributed by atoms with Crippen molar-refractivity contribution < 1.29 is 9.90 Å². The number of allylic oxidation sites excluding steroid dienone is 2. The van der Waals surface area contributed by atoms with Gasteiger partial charge < -0.3 is 5.11 Å². The van der Waals surface area contributed by atoms with Crippen molar-refractivity contribution in [3.05, 3.63) is 26.7 Å². The Morgan fingerprint density at radius 3 is 2.63 bits per heavy atom. The van der Waals surface area contributed by atoms with Gasteiger partial charge in [0.1, 0.15) is 11.5 Å². The zero-order valence-corrected chi connectivity index (χ0v) is 12.0. The minimum atomic E-state index is -0.345. The summed E-state index contributed by atoms with van der Waals surface area (Å²) in [5.41, 5.74) is -0.0952. The van der Waals surface area contributed by atoms with Crippen LogP contribution in [0.5, 0.6) is 0 Å². The molecular formula is C10H10N4O3S2. The molecule has 0 unspecified atom stereocenters. The highest BCUT2D eigenvalue weighted by molar-refractivity contribution is 8.05. The Morgan fingerprint density at radius 2 is 2.05 bits per heavy atom. The number of ketones is 1. The van der Waals surface area contributed by atoms with Gasteiger partial charge in [-0.3, -0.25) is 9.59 Å². The van der Waals surface area contributed by atoms with E-state index in [4.69, 9.17) is 0 Å². The number of aryl methyl sites for hydroxylation is 1.